The molecule has 0 bridgehead atoms. The minimum Gasteiger partial charge on any atom is -0.383 e. The predicted octanol–water partition coefficient (Wildman–Crippen LogP) is 1.20. The van der Waals surface area contributed by atoms with Crippen LogP contribution in [-0.2, 0) is 14.2 Å². The Balaban J connectivity index is 1.87. The SMILES string of the molecule is COCC(C)NCCOCC1CCCCO1. The molecule has 4 nitrogen and oxygen atoms in total. The van der Waals surface area contributed by atoms with Gasteiger partial charge < -0.3 is 19.5 Å². The van der Waals surface area contributed by atoms with E-state index in [1.54, 1.807) is 7.11 Å². The van der Waals surface area contributed by atoms with Crippen LogP contribution < -0.4 is 5.32 Å². The van der Waals surface area contributed by atoms with Crippen molar-refractivity contribution in [3.63, 3.8) is 0 Å². The minimum atomic E-state index is 0.324. The molecule has 16 heavy (non-hydrogen) atoms. The molecular weight excluding hydrogens is 206 g/mol. The van der Waals surface area contributed by atoms with Crippen molar-refractivity contribution < 1.29 is 14.2 Å². The largest absolute Gasteiger partial charge is 0.383 e. The van der Waals surface area contributed by atoms with Gasteiger partial charge in [0.1, 0.15) is 0 Å². The van der Waals surface area contributed by atoms with E-state index in [1.165, 1.54) is 12.8 Å². The molecule has 1 aliphatic rings. The molecule has 2 unspecified atom stereocenters. The van der Waals surface area contributed by atoms with Gasteiger partial charge in [-0.25, -0.2) is 0 Å². The molecular formula is C12H25NO3. The van der Waals surface area contributed by atoms with Crippen LogP contribution in [0.3, 0.4) is 0 Å². The van der Waals surface area contributed by atoms with Gasteiger partial charge in [0.05, 0.1) is 25.9 Å². The van der Waals surface area contributed by atoms with Crippen molar-refractivity contribution in [3.05, 3.63) is 0 Å². The fourth-order valence-electron chi connectivity index (χ4n) is 1.84. The average Bonchev–Trinajstić information content (AvgIpc) is 2.30. The molecule has 1 rings (SSSR count). The molecule has 0 aromatic rings. The molecule has 0 aromatic heterocycles. The number of nitrogens with one attached hydrogen (secondary N) is 1. The second-order valence-corrected chi connectivity index (χ2v) is 4.37. The van der Waals surface area contributed by atoms with E-state index in [-0.39, 0.29) is 0 Å². The topological polar surface area (TPSA) is 39.7 Å². The number of ether oxygens (including phenoxy) is 3. The van der Waals surface area contributed by atoms with E-state index in [2.05, 4.69) is 12.2 Å². The molecule has 1 aliphatic heterocycles. The maximum Gasteiger partial charge on any atom is 0.0808 e. The highest BCUT2D eigenvalue weighted by Crippen LogP contribution is 2.12. The van der Waals surface area contributed by atoms with Crippen LogP contribution in [0.15, 0.2) is 0 Å². The molecule has 0 spiro atoms. The molecule has 1 saturated heterocycles. The molecule has 1 heterocycles. The first-order valence-electron chi connectivity index (χ1n) is 6.24. The van der Waals surface area contributed by atoms with E-state index in [0.717, 1.165) is 39.4 Å². The molecule has 1 N–H and O–H groups in total. The van der Waals surface area contributed by atoms with E-state index in [0.29, 0.717) is 12.1 Å². The monoisotopic (exact) mass is 231 g/mol. The van der Waals surface area contributed by atoms with Gasteiger partial charge in [-0.15, -0.1) is 0 Å². The zero-order chi connectivity index (χ0) is 11.6. The molecule has 2 atom stereocenters. The van der Waals surface area contributed by atoms with Crippen LogP contribution in [0, 0.1) is 0 Å². The van der Waals surface area contributed by atoms with Gasteiger partial charge in [-0.3, -0.25) is 0 Å². The Morgan fingerprint density at radius 2 is 2.31 bits per heavy atom. The summed E-state index contributed by atoms with van der Waals surface area (Å²) in [5.41, 5.74) is 0. The number of methoxy groups -OCH3 is 1. The molecule has 4 heteroatoms. The summed E-state index contributed by atoms with van der Waals surface area (Å²) >= 11 is 0. The average molecular weight is 231 g/mol. The highest BCUT2D eigenvalue weighted by Gasteiger charge is 2.13. The van der Waals surface area contributed by atoms with E-state index >= 15 is 0 Å². The van der Waals surface area contributed by atoms with Crippen molar-refractivity contribution in [1.82, 2.24) is 5.32 Å². The van der Waals surface area contributed by atoms with Crippen LogP contribution in [0.5, 0.6) is 0 Å². The summed E-state index contributed by atoms with van der Waals surface area (Å²) < 4.78 is 16.2. The van der Waals surface area contributed by atoms with Crippen LogP contribution in [0.2, 0.25) is 0 Å². The van der Waals surface area contributed by atoms with Crippen molar-refractivity contribution in [2.45, 2.75) is 38.3 Å². The first-order chi connectivity index (χ1) is 7.83. The maximum absolute atomic E-state index is 5.58. The normalized spacial score (nSPS) is 23.2. The second kappa shape index (κ2) is 8.93. The smallest absolute Gasteiger partial charge is 0.0808 e. The van der Waals surface area contributed by atoms with Crippen molar-refractivity contribution >= 4 is 0 Å². The molecule has 0 saturated carbocycles. The van der Waals surface area contributed by atoms with Crippen molar-refractivity contribution in [2.24, 2.45) is 0 Å². The lowest BCUT2D eigenvalue weighted by atomic mass is 10.1. The highest BCUT2D eigenvalue weighted by atomic mass is 16.5. The lowest BCUT2D eigenvalue weighted by Crippen LogP contribution is -2.33. The first kappa shape index (κ1) is 13.9. The zero-order valence-electron chi connectivity index (χ0n) is 10.5. The van der Waals surface area contributed by atoms with Crippen LogP contribution in [0.25, 0.3) is 0 Å². The van der Waals surface area contributed by atoms with Crippen LogP contribution >= 0.6 is 0 Å². The summed E-state index contributed by atoms with van der Waals surface area (Å²) in [6.07, 6.45) is 3.95. The van der Waals surface area contributed by atoms with Crippen molar-refractivity contribution in [1.29, 1.82) is 0 Å². The number of rotatable bonds is 8. The summed E-state index contributed by atoms with van der Waals surface area (Å²) in [6, 6.07) is 0.388. The van der Waals surface area contributed by atoms with E-state index in [4.69, 9.17) is 14.2 Å². The Labute approximate surface area is 98.6 Å². The van der Waals surface area contributed by atoms with E-state index < -0.39 is 0 Å². The molecule has 0 aliphatic carbocycles. The maximum atomic E-state index is 5.58. The molecule has 96 valence electrons. The lowest BCUT2D eigenvalue weighted by molar-refractivity contribution is -0.0402. The van der Waals surface area contributed by atoms with E-state index in [1.807, 2.05) is 0 Å². The Hall–Kier alpha value is -0.160. The fraction of sp³-hybridized carbons (Fsp3) is 1.00. The summed E-state index contributed by atoms with van der Waals surface area (Å²) in [5.74, 6) is 0. The Kier molecular flexibility index (Phi) is 7.76. The number of hydrogen-bond donors (Lipinski definition) is 1. The fourth-order valence-corrected chi connectivity index (χ4v) is 1.84. The molecule has 0 aromatic carbocycles. The summed E-state index contributed by atoms with van der Waals surface area (Å²) in [6.45, 7) is 6.10. The zero-order valence-corrected chi connectivity index (χ0v) is 10.5. The van der Waals surface area contributed by atoms with Crippen LogP contribution in [0.4, 0.5) is 0 Å². The van der Waals surface area contributed by atoms with Crippen molar-refractivity contribution in [2.75, 3.05) is 40.1 Å². The van der Waals surface area contributed by atoms with Gasteiger partial charge in [0.2, 0.25) is 0 Å². The second-order valence-electron chi connectivity index (χ2n) is 4.37. The first-order valence-corrected chi connectivity index (χ1v) is 6.24. The standard InChI is InChI=1S/C12H25NO3/c1-11(9-14-2)13-6-8-15-10-12-5-3-4-7-16-12/h11-13H,3-10H2,1-2H3. The van der Waals surface area contributed by atoms with Gasteiger partial charge in [0, 0.05) is 26.3 Å². The summed E-state index contributed by atoms with van der Waals surface area (Å²) in [5, 5.41) is 3.33. The van der Waals surface area contributed by atoms with Gasteiger partial charge in [0.15, 0.2) is 0 Å². The Morgan fingerprint density at radius 1 is 1.44 bits per heavy atom. The predicted molar refractivity (Wildman–Crippen MR) is 63.8 cm³/mol. The van der Waals surface area contributed by atoms with Gasteiger partial charge >= 0.3 is 0 Å². The molecule has 0 radical (unpaired) electrons. The number of hydrogen-bond acceptors (Lipinski definition) is 4. The third-order valence-corrected chi connectivity index (χ3v) is 2.73. The van der Waals surface area contributed by atoms with Gasteiger partial charge in [-0.05, 0) is 26.2 Å². The van der Waals surface area contributed by atoms with E-state index in [9.17, 15) is 0 Å². The third kappa shape index (κ3) is 6.43. The third-order valence-electron chi connectivity index (χ3n) is 2.73. The minimum absolute atomic E-state index is 0.324. The molecule has 1 fully saturated rings. The Morgan fingerprint density at radius 3 is 3.00 bits per heavy atom. The molecule has 0 amide bonds. The van der Waals surface area contributed by atoms with Gasteiger partial charge in [-0.2, -0.15) is 0 Å². The summed E-state index contributed by atoms with van der Waals surface area (Å²) in [4.78, 5) is 0. The summed E-state index contributed by atoms with van der Waals surface area (Å²) in [7, 11) is 1.72. The van der Waals surface area contributed by atoms with Gasteiger partial charge in [-0.1, -0.05) is 0 Å². The van der Waals surface area contributed by atoms with Crippen LogP contribution in [-0.4, -0.2) is 52.2 Å². The van der Waals surface area contributed by atoms with Crippen molar-refractivity contribution in [3.8, 4) is 0 Å². The van der Waals surface area contributed by atoms with Gasteiger partial charge in [0.25, 0.3) is 0 Å². The van der Waals surface area contributed by atoms with Crippen LogP contribution in [0.1, 0.15) is 26.2 Å². The highest BCUT2D eigenvalue weighted by molar-refractivity contribution is 4.63. The lowest BCUT2D eigenvalue weighted by Gasteiger charge is -2.22. The Bertz CT molecular complexity index is 160. The quantitative estimate of drug-likeness (QED) is 0.637.